The molecule has 0 spiro atoms. The van der Waals surface area contributed by atoms with Gasteiger partial charge in [-0.25, -0.2) is 31.7 Å². The summed E-state index contributed by atoms with van der Waals surface area (Å²) < 4.78 is 68.9. The lowest BCUT2D eigenvalue weighted by Crippen LogP contribution is -2.84. The van der Waals surface area contributed by atoms with Crippen LogP contribution >= 0.6 is 0 Å². The molecule has 1 aliphatic heterocycles. The lowest BCUT2D eigenvalue weighted by molar-refractivity contribution is -0.523. The van der Waals surface area contributed by atoms with E-state index < -0.39 is 48.8 Å². The summed E-state index contributed by atoms with van der Waals surface area (Å²) in [7, 11) is 1.53. The summed E-state index contributed by atoms with van der Waals surface area (Å²) in [5, 5.41) is 3.98. The van der Waals surface area contributed by atoms with Crippen LogP contribution in [0.15, 0.2) is 35.5 Å². The van der Waals surface area contributed by atoms with Gasteiger partial charge in [-0.15, -0.1) is 0 Å². The molecule has 1 aromatic heterocycles. The molecule has 6 N–H and O–H groups in total. The van der Waals surface area contributed by atoms with Gasteiger partial charge in [0, 0.05) is 23.7 Å². The molecule has 0 bridgehead atoms. The number of aliphatic imine (C=N–C) groups is 1. The van der Waals surface area contributed by atoms with E-state index in [1.165, 1.54) is 48.6 Å². The van der Waals surface area contributed by atoms with Gasteiger partial charge in [-0.2, -0.15) is 0 Å². The molecule has 3 rings (SSSR count). The molecule has 2 heterocycles. The summed E-state index contributed by atoms with van der Waals surface area (Å²) in [4.78, 5) is 21.0. The molecule has 1 saturated heterocycles. The number of quaternary nitrogens is 1. The van der Waals surface area contributed by atoms with E-state index in [0.717, 1.165) is 6.07 Å². The highest BCUT2D eigenvalue weighted by molar-refractivity contribution is 6.06. The van der Waals surface area contributed by atoms with Gasteiger partial charge in [-0.3, -0.25) is 15.2 Å². The van der Waals surface area contributed by atoms with Crippen LogP contribution in [0.2, 0.25) is 0 Å². The van der Waals surface area contributed by atoms with E-state index in [1.54, 1.807) is 0 Å². The number of rotatable bonds is 6. The van der Waals surface area contributed by atoms with Crippen LogP contribution in [-0.4, -0.2) is 50.9 Å². The molecular weight excluding hydrogens is 459 g/mol. The average Bonchev–Trinajstić information content (AvgIpc) is 2.98. The number of nitrogens with one attached hydrogen (secondary N) is 2. The van der Waals surface area contributed by atoms with Gasteiger partial charge in [0.25, 0.3) is 18.2 Å². The Kier molecular flexibility index (Phi) is 7.82. The second-order valence-electron chi connectivity index (χ2n) is 7.99. The van der Waals surface area contributed by atoms with E-state index in [2.05, 4.69) is 15.3 Å². The Morgan fingerprint density at radius 2 is 2.00 bits per heavy atom. The number of carbonyl (C=O) groups is 1. The zero-order chi connectivity index (χ0) is 25.0. The van der Waals surface area contributed by atoms with Crippen LogP contribution in [0.4, 0.5) is 27.8 Å². The number of amidine groups is 1. The first-order valence-electron chi connectivity index (χ1n) is 10.7. The highest BCUT2D eigenvalue weighted by Gasteiger charge is 2.38. The van der Waals surface area contributed by atoms with Crippen LogP contribution in [0.1, 0.15) is 46.4 Å². The lowest BCUT2D eigenvalue weighted by Gasteiger charge is -2.19. The van der Waals surface area contributed by atoms with Crippen molar-refractivity contribution in [1.82, 2.24) is 5.32 Å². The molecule has 1 amide bonds. The number of aromatic nitrogens is 1. The van der Waals surface area contributed by atoms with Crippen molar-refractivity contribution in [2.24, 2.45) is 10.7 Å². The first-order valence-corrected chi connectivity index (χ1v) is 10.7. The fourth-order valence-corrected chi connectivity index (χ4v) is 3.75. The smallest absolute Gasteiger partial charge is 0.346 e. The summed E-state index contributed by atoms with van der Waals surface area (Å²) >= 11 is 0. The number of halogens is 5. The second kappa shape index (κ2) is 10.4. The number of nitrogens with two attached hydrogens (primary N) is 2. The van der Waals surface area contributed by atoms with Crippen LogP contribution in [0.25, 0.3) is 0 Å². The fraction of sp³-hybridized carbons (Fsp3) is 0.409. The number of benzene rings is 1. The number of carbonyl (C=O) groups excluding carboxylic acids is 1. The molecule has 12 heteroatoms. The quantitative estimate of drug-likeness (QED) is 0.327. The Balaban J connectivity index is 2.02. The molecule has 184 valence electrons. The highest BCUT2D eigenvalue weighted by atomic mass is 19.3. The molecule has 1 fully saturated rings. The van der Waals surface area contributed by atoms with Crippen LogP contribution < -0.4 is 26.3 Å². The highest BCUT2D eigenvalue weighted by Crippen LogP contribution is 2.29. The molecule has 1 aromatic carbocycles. The summed E-state index contributed by atoms with van der Waals surface area (Å²) in [5.41, 5.74) is 5.64. The second-order valence-corrected chi connectivity index (χ2v) is 7.99. The molecule has 34 heavy (non-hydrogen) atoms. The Morgan fingerprint density at radius 3 is 2.68 bits per heavy atom. The number of hydrogen-bond donors (Lipinski definition) is 3. The van der Waals surface area contributed by atoms with Gasteiger partial charge in [0.1, 0.15) is 23.4 Å². The minimum absolute atomic E-state index is 0.0865. The molecule has 0 radical (unpaired) electrons. The van der Waals surface area contributed by atoms with E-state index in [1.807, 2.05) is 0 Å². The number of anilines is 1. The first-order chi connectivity index (χ1) is 16.0. The van der Waals surface area contributed by atoms with Crippen molar-refractivity contribution in [3.05, 3.63) is 58.5 Å². The standard InChI is InChI=1S/C22H25F5N6O/c1-12(13-4-3-5-14(18(13)23)19(24)25)32-20(28)15-8-17(31-9-16(15)21(34)29-2)33-7-6-30-10-22(26,27)11-33/h3-5,8-9,12,19,30H,6-7,10-11H2,1-2H3,(H2,28,32)(H,29,34)/p+2/t12-/m1/s1. The van der Waals surface area contributed by atoms with E-state index in [4.69, 9.17) is 5.73 Å². The van der Waals surface area contributed by atoms with Gasteiger partial charge < -0.3 is 11.1 Å². The Labute approximate surface area is 193 Å². The van der Waals surface area contributed by atoms with Crippen LogP contribution in [0.3, 0.4) is 0 Å². The predicted octanol–water partition coefficient (Wildman–Crippen LogP) is 1.42. The number of alkyl halides is 4. The maximum atomic E-state index is 14.6. The third-order valence-electron chi connectivity index (χ3n) is 5.52. The van der Waals surface area contributed by atoms with Crippen LogP contribution in [0, 0.1) is 5.82 Å². The molecule has 1 aliphatic rings. The molecule has 1 atom stereocenters. The molecule has 0 saturated carbocycles. The first kappa shape index (κ1) is 25.5. The van der Waals surface area contributed by atoms with Gasteiger partial charge in [0.15, 0.2) is 6.54 Å². The SMILES string of the molecule is C[NH2+]C(=O)c1c[nH+]c(N2CCNCC(F)(F)C2)cc1C(N)=N[C@H](C)c1cccc(C(F)F)c1F. The Hall–Kier alpha value is -3.12. The molecular formula is C22H27F5N6O+2. The normalized spacial score (nSPS) is 17.5. The van der Waals surface area contributed by atoms with Crippen molar-refractivity contribution in [2.75, 3.05) is 38.1 Å². The number of primary amides is 1. The summed E-state index contributed by atoms with van der Waals surface area (Å²) in [6.45, 7) is 1.07. The van der Waals surface area contributed by atoms with Crippen molar-refractivity contribution in [3.8, 4) is 0 Å². The van der Waals surface area contributed by atoms with Gasteiger partial charge in [0.2, 0.25) is 0 Å². The number of hydrogen-bond acceptors (Lipinski definition) is 4. The third-order valence-corrected chi connectivity index (χ3v) is 5.52. The van der Waals surface area contributed by atoms with E-state index in [-0.39, 0.29) is 29.1 Å². The van der Waals surface area contributed by atoms with Crippen molar-refractivity contribution in [3.63, 3.8) is 0 Å². The maximum Gasteiger partial charge on any atom is 0.346 e. The zero-order valence-electron chi connectivity index (χ0n) is 18.7. The number of pyridine rings is 1. The molecule has 7 nitrogen and oxygen atoms in total. The monoisotopic (exact) mass is 486 g/mol. The lowest BCUT2D eigenvalue weighted by atomic mass is 10.0. The average molecular weight is 486 g/mol. The molecule has 0 unspecified atom stereocenters. The minimum Gasteiger partial charge on any atom is -0.383 e. The number of nitrogens with zero attached hydrogens (tertiary/aromatic N) is 2. The van der Waals surface area contributed by atoms with E-state index in [9.17, 15) is 26.7 Å². The third kappa shape index (κ3) is 5.68. The zero-order valence-corrected chi connectivity index (χ0v) is 18.7. The predicted molar refractivity (Wildman–Crippen MR) is 116 cm³/mol. The summed E-state index contributed by atoms with van der Waals surface area (Å²) in [6.07, 6.45) is -1.64. The van der Waals surface area contributed by atoms with Crippen molar-refractivity contribution < 1.29 is 37.0 Å². The number of amides is 1. The van der Waals surface area contributed by atoms with Crippen molar-refractivity contribution in [1.29, 1.82) is 0 Å². The molecule has 0 aliphatic carbocycles. The Bertz CT molecular complexity index is 1080. The fourth-order valence-electron chi connectivity index (χ4n) is 3.75. The van der Waals surface area contributed by atoms with Gasteiger partial charge >= 0.3 is 5.91 Å². The van der Waals surface area contributed by atoms with Crippen molar-refractivity contribution in [2.45, 2.75) is 25.3 Å². The summed E-state index contributed by atoms with van der Waals surface area (Å²) in [6, 6.07) is 4.10. The largest absolute Gasteiger partial charge is 0.383 e. The van der Waals surface area contributed by atoms with Crippen LogP contribution in [-0.2, 0) is 0 Å². The van der Waals surface area contributed by atoms with Gasteiger partial charge in [0.05, 0.1) is 31.7 Å². The number of aromatic amines is 1. The number of H-pyrrole nitrogens is 1. The van der Waals surface area contributed by atoms with Gasteiger partial charge in [-0.05, 0) is 6.92 Å². The molecule has 2 aromatic rings. The summed E-state index contributed by atoms with van der Waals surface area (Å²) in [5.74, 6) is -4.31. The van der Waals surface area contributed by atoms with Gasteiger partial charge in [-0.1, -0.05) is 18.2 Å². The van der Waals surface area contributed by atoms with E-state index >= 15 is 0 Å². The van der Waals surface area contributed by atoms with Crippen molar-refractivity contribution >= 4 is 17.6 Å². The van der Waals surface area contributed by atoms with E-state index in [0.29, 0.717) is 12.4 Å². The maximum absolute atomic E-state index is 14.6. The topological polar surface area (TPSA) is 101 Å². The van der Waals surface area contributed by atoms with Crippen LogP contribution in [0.5, 0.6) is 0 Å². The Morgan fingerprint density at radius 1 is 1.29 bits per heavy atom. The minimum atomic E-state index is -2.99.